The van der Waals surface area contributed by atoms with Gasteiger partial charge in [-0.15, -0.1) is 0 Å². The fourth-order valence-electron chi connectivity index (χ4n) is 6.46. The Morgan fingerprint density at radius 3 is 2.39 bits per heavy atom. The lowest BCUT2D eigenvalue weighted by atomic mass is 9.49. The maximum absolute atomic E-state index is 12.9. The van der Waals surface area contributed by atoms with Crippen molar-refractivity contribution in [3.8, 4) is 0 Å². The third kappa shape index (κ3) is 3.79. The van der Waals surface area contributed by atoms with Gasteiger partial charge in [0.25, 0.3) is 5.91 Å². The van der Waals surface area contributed by atoms with Gasteiger partial charge in [-0.1, -0.05) is 12.1 Å². The van der Waals surface area contributed by atoms with Crippen LogP contribution in [0.3, 0.4) is 0 Å². The Bertz CT molecular complexity index is 908. The van der Waals surface area contributed by atoms with E-state index in [-0.39, 0.29) is 30.3 Å². The van der Waals surface area contributed by atoms with Crippen LogP contribution in [0.15, 0.2) is 24.3 Å². The second-order valence-electron chi connectivity index (χ2n) is 9.59. The number of carbonyl (C=O) groups excluding carboxylic acids is 4. The molecular formula is C23H27N3O5. The van der Waals surface area contributed by atoms with Crippen LogP contribution >= 0.6 is 0 Å². The van der Waals surface area contributed by atoms with Crippen LogP contribution in [0.2, 0.25) is 0 Å². The van der Waals surface area contributed by atoms with Gasteiger partial charge in [-0.2, -0.15) is 0 Å². The minimum atomic E-state index is -0.652. The van der Waals surface area contributed by atoms with Crippen LogP contribution in [0.25, 0.3) is 0 Å². The van der Waals surface area contributed by atoms with Gasteiger partial charge < -0.3 is 15.4 Å². The lowest BCUT2D eigenvalue weighted by Crippen LogP contribution is -2.54. The molecule has 8 heteroatoms. The van der Waals surface area contributed by atoms with Crippen molar-refractivity contribution in [2.75, 3.05) is 29.9 Å². The summed E-state index contributed by atoms with van der Waals surface area (Å²) in [6.45, 7) is -0.852. The fraction of sp³-hybridized carbons (Fsp3) is 0.565. The van der Waals surface area contributed by atoms with Crippen LogP contribution in [0.1, 0.15) is 38.5 Å². The molecule has 6 rings (SSSR count). The first-order valence-electron chi connectivity index (χ1n) is 11.0. The first-order valence-corrected chi connectivity index (χ1v) is 11.0. The Balaban J connectivity index is 1.13. The standard InChI is InChI=1S/C23H27N3O5/c27-19-12-26(18-4-2-1-3-17(18)25-19)20(28)13-31-21(29)11-24-22(30)23-8-14-5-15(9-23)7-16(6-14)10-23/h1-4,14-16H,5-13H2,(H,24,30)(H,25,27). The molecule has 1 heterocycles. The molecular weight excluding hydrogens is 398 g/mol. The fourth-order valence-corrected chi connectivity index (χ4v) is 6.46. The highest BCUT2D eigenvalue weighted by molar-refractivity contribution is 6.10. The van der Waals surface area contributed by atoms with E-state index >= 15 is 0 Å². The van der Waals surface area contributed by atoms with Gasteiger partial charge in [0.05, 0.1) is 11.4 Å². The number of anilines is 2. The van der Waals surface area contributed by atoms with E-state index in [2.05, 4.69) is 10.6 Å². The minimum Gasteiger partial charge on any atom is -0.454 e. The zero-order valence-electron chi connectivity index (χ0n) is 17.4. The molecule has 8 nitrogen and oxygen atoms in total. The van der Waals surface area contributed by atoms with E-state index in [1.165, 1.54) is 24.2 Å². The Morgan fingerprint density at radius 1 is 1.06 bits per heavy atom. The molecule has 1 aromatic carbocycles. The molecule has 0 atom stereocenters. The van der Waals surface area contributed by atoms with Crippen molar-refractivity contribution >= 4 is 35.1 Å². The molecule has 0 aromatic heterocycles. The van der Waals surface area contributed by atoms with Gasteiger partial charge in [0.2, 0.25) is 11.8 Å². The van der Waals surface area contributed by atoms with Gasteiger partial charge in [0.15, 0.2) is 6.61 Å². The number of hydrogen-bond donors (Lipinski definition) is 2. The molecule has 2 N–H and O–H groups in total. The molecule has 4 saturated carbocycles. The molecule has 0 saturated heterocycles. The number of fused-ring (bicyclic) bond motifs is 1. The molecule has 3 amide bonds. The van der Waals surface area contributed by atoms with Crippen molar-refractivity contribution in [2.45, 2.75) is 38.5 Å². The number of carbonyl (C=O) groups is 4. The number of esters is 1. The van der Waals surface area contributed by atoms with E-state index in [1.54, 1.807) is 24.3 Å². The van der Waals surface area contributed by atoms with Crippen LogP contribution in [0, 0.1) is 23.2 Å². The van der Waals surface area contributed by atoms with Crippen LogP contribution in [0.5, 0.6) is 0 Å². The highest BCUT2D eigenvalue weighted by Gasteiger charge is 2.54. The predicted molar refractivity (Wildman–Crippen MR) is 112 cm³/mol. The number of hydrogen-bond acceptors (Lipinski definition) is 5. The van der Waals surface area contributed by atoms with Gasteiger partial charge in [-0.25, -0.2) is 0 Å². The molecule has 4 bridgehead atoms. The van der Waals surface area contributed by atoms with Crippen molar-refractivity contribution in [1.82, 2.24) is 5.32 Å². The molecule has 5 aliphatic rings. The van der Waals surface area contributed by atoms with E-state index in [0.29, 0.717) is 29.1 Å². The van der Waals surface area contributed by atoms with Crippen LogP contribution in [-0.2, 0) is 23.9 Å². The maximum Gasteiger partial charge on any atom is 0.325 e. The van der Waals surface area contributed by atoms with E-state index in [1.807, 2.05) is 0 Å². The van der Waals surface area contributed by atoms with Crippen LogP contribution < -0.4 is 15.5 Å². The molecule has 164 valence electrons. The number of ether oxygens (including phenoxy) is 1. The summed E-state index contributed by atoms with van der Waals surface area (Å²) in [5.74, 6) is 0.450. The lowest BCUT2D eigenvalue weighted by molar-refractivity contribution is -0.152. The predicted octanol–water partition coefficient (Wildman–Crippen LogP) is 1.85. The summed E-state index contributed by atoms with van der Waals surface area (Å²) in [7, 11) is 0. The van der Waals surface area contributed by atoms with Crippen molar-refractivity contribution in [3.63, 3.8) is 0 Å². The average molecular weight is 425 g/mol. The Kier molecular flexibility index (Phi) is 4.95. The third-order valence-corrected chi connectivity index (χ3v) is 7.34. The Morgan fingerprint density at radius 2 is 1.71 bits per heavy atom. The molecule has 4 aliphatic carbocycles. The van der Waals surface area contributed by atoms with Crippen molar-refractivity contribution in [3.05, 3.63) is 24.3 Å². The van der Waals surface area contributed by atoms with Gasteiger partial charge in [-0.3, -0.25) is 24.1 Å². The summed E-state index contributed by atoms with van der Waals surface area (Å²) >= 11 is 0. The minimum absolute atomic E-state index is 0.0449. The lowest BCUT2D eigenvalue weighted by Gasteiger charge is -2.55. The summed E-state index contributed by atoms with van der Waals surface area (Å²) in [4.78, 5) is 50.8. The summed E-state index contributed by atoms with van der Waals surface area (Å²) < 4.78 is 5.10. The first-order chi connectivity index (χ1) is 14.9. The molecule has 31 heavy (non-hydrogen) atoms. The SMILES string of the molecule is O=C1CN(C(=O)COC(=O)CNC(=O)C23CC4CC(CC(C4)C2)C3)c2ccccc2N1. The molecule has 0 radical (unpaired) electrons. The average Bonchev–Trinajstić information content (AvgIpc) is 2.74. The van der Waals surface area contributed by atoms with E-state index in [0.717, 1.165) is 19.3 Å². The normalized spacial score (nSPS) is 30.4. The van der Waals surface area contributed by atoms with E-state index < -0.39 is 18.5 Å². The number of nitrogens with one attached hydrogen (secondary N) is 2. The van der Waals surface area contributed by atoms with E-state index in [9.17, 15) is 19.2 Å². The molecule has 0 spiro atoms. The summed E-state index contributed by atoms with van der Waals surface area (Å²) in [5.41, 5.74) is 0.787. The second kappa shape index (κ2) is 7.66. The van der Waals surface area contributed by atoms with Crippen LogP contribution in [0.4, 0.5) is 11.4 Å². The summed E-state index contributed by atoms with van der Waals surface area (Å²) in [5, 5.41) is 5.47. The Labute approximate surface area is 180 Å². The highest BCUT2D eigenvalue weighted by Crippen LogP contribution is 2.60. The van der Waals surface area contributed by atoms with Crippen LogP contribution in [-0.4, -0.2) is 43.4 Å². The first kappa shape index (κ1) is 20.0. The zero-order chi connectivity index (χ0) is 21.6. The largest absolute Gasteiger partial charge is 0.454 e. The van der Waals surface area contributed by atoms with Crippen molar-refractivity contribution in [2.24, 2.45) is 23.2 Å². The van der Waals surface area contributed by atoms with Crippen molar-refractivity contribution < 1.29 is 23.9 Å². The van der Waals surface area contributed by atoms with Crippen molar-refractivity contribution in [1.29, 1.82) is 0 Å². The number of amides is 3. The second-order valence-corrected chi connectivity index (χ2v) is 9.59. The van der Waals surface area contributed by atoms with Gasteiger partial charge >= 0.3 is 5.97 Å². The number of rotatable bonds is 5. The summed E-state index contributed by atoms with van der Waals surface area (Å²) in [6, 6.07) is 6.96. The summed E-state index contributed by atoms with van der Waals surface area (Å²) in [6.07, 6.45) is 6.51. The number of para-hydroxylation sites is 2. The smallest absolute Gasteiger partial charge is 0.325 e. The molecule has 1 aromatic rings. The zero-order valence-corrected chi connectivity index (χ0v) is 17.4. The number of nitrogens with zero attached hydrogens (tertiary/aromatic N) is 1. The van der Waals surface area contributed by atoms with Gasteiger partial charge in [0.1, 0.15) is 13.1 Å². The monoisotopic (exact) mass is 425 g/mol. The third-order valence-electron chi connectivity index (χ3n) is 7.34. The van der Waals surface area contributed by atoms with Gasteiger partial charge in [-0.05, 0) is 68.4 Å². The molecule has 4 fully saturated rings. The highest BCUT2D eigenvalue weighted by atomic mass is 16.5. The maximum atomic E-state index is 12.9. The molecule has 1 aliphatic heterocycles. The Hall–Kier alpha value is -2.90. The van der Waals surface area contributed by atoms with E-state index in [4.69, 9.17) is 4.74 Å². The van der Waals surface area contributed by atoms with Gasteiger partial charge in [0, 0.05) is 5.41 Å². The number of benzene rings is 1. The quantitative estimate of drug-likeness (QED) is 0.701. The topological polar surface area (TPSA) is 105 Å². The molecule has 0 unspecified atom stereocenters.